The monoisotopic (exact) mass is 518 g/mol. The molecule has 2 heterocycles. The molecule has 5 rings (SSSR count). The van der Waals surface area contributed by atoms with E-state index in [4.69, 9.17) is 0 Å². The molecule has 0 radical (unpaired) electrons. The van der Waals surface area contributed by atoms with E-state index < -0.39 is 37.7 Å². The molecule has 8 nitrogen and oxygen atoms in total. The number of hydrogen-bond acceptors (Lipinski definition) is 6. The third-order valence-electron chi connectivity index (χ3n) is 6.80. The van der Waals surface area contributed by atoms with Crippen LogP contribution in [0.4, 0.5) is 35.0 Å². The van der Waals surface area contributed by atoms with Crippen LogP contribution < -0.4 is 14.7 Å². The molecule has 2 atom stereocenters. The van der Waals surface area contributed by atoms with Crippen molar-refractivity contribution in [3.05, 3.63) is 54.7 Å². The number of carbonyl (C=O) groups is 2. The number of halogens is 3. The predicted molar refractivity (Wildman–Crippen MR) is 128 cm³/mol. The molecule has 1 aliphatic carbocycles. The Balaban J connectivity index is 1.60. The number of nitrogens with zero attached hydrogens (tertiary/aromatic N) is 4. The van der Waals surface area contributed by atoms with Crippen LogP contribution in [0.3, 0.4) is 0 Å². The zero-order chi connectivity index (χ0) is 26.2. The molecule has 2 aliphatic rings. The molecule has 1 saturated carbocycles. The van der Waals surface area contributed by atoms with Gasteiger partial charge in [-0.1, -0.05) is 6.92 Å². The number of amides is 3. The SMILES string of the molecule is CC1CC12C(=O)N(c1ccc(S(=O)(=O)C(F)(F)F)cc1)C(=O)N2c1ccnc2ccc(N(C)C)cc12. The Bertz CT molecular complexity index is 1520. The van der Waals surface area contributed by atoms with Crippen LogP contribution in [0.1, 0.15) is 13.3 Å². The van der Waals surface area contributed by atoms with Crippen molar-refractivity contribution in [2.45, 2.75) is 29.3 Å². The molecule has 3 aromatic rings. The molecule has 1 spiro atoms. The van der Waals surface area contributed by atoms with Crippen LogP contribution in [0.15, 0.2) is 59.6 Å². The molecule has 2 fully saturated rings. The number of carbonyl (C=O) groups excluding carboxylic acids is 2. The highest BCUT2D eigenvalue weighted by Crippen LogP contribution is 2.56. The molecule has 1 saturated heterocycles. The number of alkyl halides is 3. The number of anilines is 3. The third-order valence-corrected chi connectivity index (χ3v) is 8.30. The number of rotatable bonds is 4. The number of imide groups is 1. The number of urea groups is 1. The summed E-state index contributed by atoms with van der Waals surface area (Å²) in [6, 6.07) is 10.1. The van der Waals surface area contributed by atoms with Gasteiger partial charge in [-0.2, -0.15) is 13.2 Å². The van der Waals surface area contributed by atoms with E-state index in [1.807, 2.05) is 44.1 Å². The second-order valence-electron chi connectivity index (χ2n) is 9.16. The standard InChI is InChI=1S/C24H21F3N4O4S/c1-14-13-23(14)21(32)30(15-4-7-17(8-5-15)36(34,35)24(25,26)27)22(33)31(23)20-10-11-28-19-9-6-16(29(2)3)12-18(19)20/h4-12,14H,13H2,1-3H3. The van der Waals surface area contributed by atoms with Gasteiger partial charge in [-0.15, -0.1) is 0 Å². The molecule has 3 amide bonds. The summed E-state index contributed by atoms with van der Waals surface area (Å²) in [5.41, 5.74) is -4.64. The lowest BCUT2D eigenvalue weighted by atomic mass is 10.1. The van der Waals surface area contributed by atoms with E-state index >= 15 is 0 Å². The minimum atomic E-state index is -5.56. The maximum atomic E-state index is 13.7. The van der Waals surface area contributed by atoms with Crippen molar-refractivity contribution in [1.82, 2.24) is 4.98 Å². The van der Waals surface area contributed by atoms with Crippen LogP contribution in [0.5, 0.6) is 0 Å². The largest absolute Gasteiger partial charge is 0.501 e. The van der Waals surface area contributed by atoms with Crippen molar-refractivity contribution in [3.8, 4) is 0 Å². The lowest BCUT2D eigenvalue weighted by Gasteiger charge is -2.24. The minimum absolute atomic E-state index is 0.0144. The maximum absolute atomic E-state index is 13.7. The van der Waals surface area contributed by atoms with Gasteiger partial charge >= 0.3 is 11.5 Å². The van der Waals surface area contributed by atoms with Gasteiger partial charge in [0, 0.05) is 31.4 Å². The maximum Gasteiger partial charge on any atom is 0.501 e. The predicted octanol–water partition coefficient (Wildman–Crippen LogP) is 4.35. The Labute approximate surface area is 204 Å². The lowest BCUT2D eigenvalue weighted by Crippen LogP contribution is -2.39. The smallest absolute Gasteiger partial charge is 0.378 e. The van der Waals surface area contributed by atoms with E-state index in [0.717, 1.165) is 34.9 Å². The van der Waals surface area contributed by atoms with Gasteiger partial charge in [0.25, 0.3) is 15.7 Å². The number of hydrogen-bond donors (Lipinski definition) is 0. The normalized spacial score (nSPS) is 22.1. The average Bonchev–Trinajstić information content (AvgIpc) is 3.43. The first-order chi connectivity index (χ1) is 16.8. The van der Waals surface area contributed by atoms with Crippen LogP contribution in [0.2, 0.25) is 0 Å². The molecule has 1 aliphatic heterocycles. The van der Waals surface area contributed by atoms with Gasteiger partial charge in [-0.3, -0.25) is 14.7 Å². The summed E-state index contributed by atoms with van der Waals surface area (Å²) >= 11 is 0. The van der Waals surface area contributed by atoms with Gasteiger partial charge in [-0.25, -0.2) is 18.1 Å². The highest BCUT2D eigenvalue weighted by atomic mass is 32.2. The fourth-order valence-corrected chi connectivity index (χ4v) is 5.47. The molecule has 2 unspecified atom stereocenters. The molecule has 0 N–H and O–H groups in total. The summed E-state index contributed by atoms with van der Waals surface area (Å²) in [7, 11) is -1.82. The molecule has 12 heteroatoms. The van der Waals surface area contributed by atoms with Gasteiger partial charge in [-0.05, 0) is 60.9 Å². The van der Waals surface area contributed by atoms with Gasteiger partial charge in [0.05, 0.1) is 21.8 Å². The second-order valence-corrected chi connectivity index (χ2v) is 11.1. The van der Waals surface area contributed by atoms with Crippen LogP contribution in [-0.4, -0.2) is 50.5 Å². The van der Waals surface area contributed by atoms with Crippen LogP contribution >= 0.6 is 0 Å². The summed E-state index contributed by atoms with van der Waals surface area (Å²) < 4.78 is 62.2. The quantitative estimate of drug-likeness (QED) is 0.477. The average molecular weight is 519 g/mol. The Morgan fingerprint density at radius 3 is 2.25 bits per heavy atom. The minimum Gasteiger partial charge on any atom is -0.378 e. The van der Waals surface area contributed by atoms with Gasteiger partial charge < -0.3 is 4.90 Å². The number of fused-ring (bicyclic) bond motifs is 1. The lowest BCUT2D eigenvalue weighted by molar-refractivity contribution is -0.119. The Hall–Kier alpha value is -3.67. The van der Waals surface area contributed by atoms with Crippen molar-refractivity contribution in [1.29, 1.82) is 0 Å². The van der Waals surface area contributed by atoms with E-state index in [2.05, 4.69) is 4.98 Å². The summed E-state index contributed by atoms with van der Waals surface area (Å²) in [5.74, 6) is -0.677. The highest BCUT2D eigenvalue weighted by Gasteiger charge is 2.70. The van der Waals surface area contributed by atoms with Crippen molar-refractivity contribution < 1.29 is 31.2 Å². The number of benzene rings is 2. The summed E-state index contributed by atoms with van der Waals surface area (Å²) in [5, 5.41) is 0.664. The van der Waals surface area contributed by atoms with E-state index in [1.165, 1.54) is 4.90 Å². The first-order valence-electron chi connectivity index (χ1n) is 11.0. The number of pyridine rings is 1. The molecule has 36 heavy (non-hydrogen) atoms. The Morgan fingerprint density at radius 2 is 1.69 bits per heavy atom. The summed E-state index contributed by atoms with van der Waals surface area (Å²) in [6.07, 6.45) is 1.96. The first kappa shape index (κ1) is 24.0. The van der Waals surface area contributed by atoms with E-state index in [-0.39, 0.29) is 11.6 Å². The fraction of sp³-hybridized carbons (Fsp3) is 0.292. The van der Waals surface area contributed by atoms with Gasteiger partial charge in [0.1, 0.15) is 5.54 Å². The van der Waals surface area contributed by atoms with Crippen molar-refractivity contribution in [3.63, 3.8) is 0 Å². The van der Waals surface area contributed by atoms with E-state index in [1.54, 1.807) is 12.3 Å². The molecule has 188 valence electrons. The first-order valence-corrected chi connectivity index (χ1v) is 12.5. The molecule has 1 aromatic heterocycles. The Morgan fingerprint density at radius 1 is 1.06 bits per heavy atom. The van der Waals surface area contributed by atoms with Crippen LogP contribution in [0.25, 0.3) is 10.9 Å². The van der Waals surface area contributed by atoms with Crippen LogP contribution in [-0.2, 0) is 14.6 Å². The summed E-state index contributed by atoms with van der Waals surface area (Å²) in [6.45, 7) is 1.84. The summed E-state index contributed by atoms with van der Waals surface area (Å²) in [4.78, 5) is 34.9. The van der Waals surface area contributed by atoms with Gasteiger partial charge in [0.15, 0.2) is 0 Å². The topological polar surface area (TPSA) is 90.9 Å². The van der Waals surface area contributed by atoms with E-state index in [0.29, 0.717) is 23.0 Å². The zero-order valence-corrected chi connectivity index (χ0v) is 20.3. The van der Waals surface area contributed by atoms with Crippen molar-refractivity contribution in [2.24, 2.45) is 5.92 Å². The second kappa shape index (κ2) is 7.66. The van der Waals surface area contributed by atoms with Crippen molar-refractivity contribution >= 4 is 49.7 Å². The van der Waals surface area contributed by atoms with Crippen molar-refractivity contribution in [2.75, 3.05) is 28.8 Å². The number of sulfone groups is 1. The van der Waals surface area contributed by atoms with Gasteiger partial charge in [0.2, 0.25) is 0 Å². The number of aromatic nitrogens is 1. The molecular weight excluding hydrogens is 497 g/mol. The molecule has 2 aromatic carbocycles. The highest BCUT2D eigenvalue weighted by molar-refractivity contribution is 7.92. The fourth-order valence-electron chi connectivity index (χ4n) is 4.71. The van der Waals surface area contributed by atoms with Crippen LogP contribution in [0, 0.1) is 5.92 Å². The Kier molecular flexibility index (Phi) is 5.12. The molecular formula is C24H21F3N4O4S. The third kappa shape index (κ3) is 3.27. The van der Waals surface area contributed by atoms with E-state index in [9.17, 15) is 31.2 Å². The molecule has 0 bridgehead atoms. The zero-order valence-electron chi connectivity index (χ0n) is 19.4.